The molecule has 3 N–H and O–H groups in total. The molecule has 0 radical (unpaired) electrons. The summed E-state index contributed by atoms with van der Waals surface area (Å²) in [6.07, 6.45) is 0. The van der Waals surface area contributed by atoms with E-state index < -0.39 is 0 Å². The molecule has 0 atom stereocenters. The normalized spacial score (nSPS) is 10.5. The van der Waals surface area contributed by atoms with Crippen LogP contribution in [-0.4, -0.2) is 4.98 Å². The number of thiazole rings is 1. The van der Waals surface area contributed by atoms with Gasteiger partial charge in [-0.2, -0.15) is 0 Å². The van der Waals surface area contributed by atoms with E-state index in [1.54, 1.807) is 6.07 Å². The van der Waals surface area contributed by atoms with Gasteiger partial charge in [0.25, 0.3) is 0 Å². The molecule has 1 aromatic carbocycles. The first kappa shape index (κ1) is 11.7. The number of hydrogen-bond donors (Lipinski definition) is 2. The van der Waals surface area contributed by atoms with E-state index in [1.807, 2.05) is 19.1 Å². The third kappa shape index (κ3) is 2.15. The van der Waals surface area contributed by atoms with E-state index in [9.17, 15) is 0 Å². The Labute approximate surface area is 107 Å². The molecule has 0 saturated heterocycles. The third-order valence-electron chi connectivity index (χ3n) is 2.10. The average Bonchev–Trinajstić information content (AvgIpc) is 2.64. The summed E-state index contributed by atoms with van der Waals surface area (Å²) in [6, 6.07) is 5.51. The lowest BCUT2D eigenvalue weighted by Gasteiger charge is -2.00. The number of halogens is 2. The number of nitrogen functional groups attached to an aromatic ring is 1. The molecule has 2 aromatic rings. The Bertz CT molecular complexity index is 525. The van der Waals surface area contributed by atoms with Gasteiger partial charge >= 0.3 is 0 Å². The van der Waals surface area contributed by atoms with Crippen molar-refractivity contribution < 1.29 is 0 Å². The summed E-state index contributed by atoms with van der Waals surface area (Å²) in [5.74, 6) is 5.31. The highest BCUT2D eigenvalue weighted by molar-refractivity contribution is 7.19. The maximum absolute atomic E-state index is 5.97. The first-order chi connectivity index (χ1) is 7.61. The maximum Gasteiger partial charge on any atom is 0.197 e. The van der Waals surface area contributed by atoms with Gasteiger partial charge in [0.15, 0.2) is 5.13 Å². The largest absolute Gasteiger partial charge is 0.300 e. The molecule has 1 aromatic heterocycles. The lowest BCUT2D eigenvalue weighted by molar-refractivity contribution is 1.22. The Hall–Kier alpha value is -0.810. The van der Waals surface area contributed by atoms with Crippen LogP contribution in [0.4, 0.5) is 5.13 Å². The number of nitrogens with zero attached hydrogens (tertiary/aromatic N) is 1. The minimum absolute atomic E-state index is 0.536. The van der Waals surface area contributed by atoms with Gasteiger partial charge in [-0.3, -0.25) is 5.43 Å². The quantitative estimate of drug-likeness (QED) is 0.648. The first-order valence-corrected chi connectivity index (χ1v) is 6.08. The fraction of sp³-hybridized carbons (Fsp3) is 0.100. The van der Waals surface area contributed by atoms with Crippen molar-refractivity contribution in [3.05, 3.63) is 33.9 Å². The average molecular weight is 274 g/mol. The van der Waals surface area contributed by atoms with Gasteiger partial charge in [-0.15, -0.1) is 0 Å². The summed E-state index contributed by atoms with van der Waals surface area (Å²) < 4.78 is 0. The highest BCUT2D eigenvalue weighted by Gasteiger charge is 2.10. The molecule has 0 aliphatic rings. The minimum Gasteiger partial charge on any atom is -0.300 e. The summed E-state index contributed by atoms with van der Waals surface area (Å²) in [4.78, 5) is 5.30. The summed E-state index contributed by atoms with van der Waals surface area (Å²) in [5, 5.41) is 1.76. The van der Waals surface area contributed by atoms with E-state index in [-0.39, 0.29) is 0 Å². The lowest BCUT2D eigenvalue weighted by atomic mass is 10.2. The SMILES string of the molecule is Cc1nc(NN)sc1-c1ccc(Cl)c(Cl)c1. The maximum atomic E-state index is 5.97. The minimum atomic E-state index is 0.536. The number of rotatable bonds is 2. The van der Waals surface area contributed by atoms with Gasteiger partial charge in [0.2, 0.25) is 0 Å². The highest BCUT2D eigenvalue weighted by atomic mass is 35.5. The Kier molecular flexibility index (Phi) is 3.35. The molecule has 16 heavy (non-hydrogen) atoms. The predicted molar refractivity (Wildman–Crippen MR) is 70.1 cm³/mol. The van der Waals surface area contributed by atoms with E-state index in [1.165, 1.54) is 11.3 Å². The molecule has 1 heterocycles. The second-order valence-electron chi connectivity index (χ2n) is 3.21. The van der Waals surface area contributed by atoms with Crippen LogP contribution in [0, 0.1) is 6.92 Å². The first-order valence-electron chi connectivity index (χ1n) is 4.51. The molecule has 2 rings (SSSR count). The van der Waals surface area contributed by atoms with Gasteiger partial charge < -0.3 is 0 Å². The van der Waals surface area contributed by atoms with Crippen molar-refractivity contribution >= 4 is 39.7 Å². The van der Waals surface area contributed by atoms with E-state index in [0.29, 0.717) is 15.2 Å². The van der Waals surface area contributed by atoms with Gasteiger partial charge in [0.05, 0.1) is 20.6 Å². The zero-order valence-electron chi connectivity index (χ0n) is 8.42. The molecule has 0 saturated carbocycles. The molecule has 0 bridgehead atoms. The molecule has 0 amide bonds. The van der Waals surface area contributed by atoms with Crippen LogP contribution in [-0.2, 0) is 0 Å². The number of aromatic nitrogens is 1. The van der Waals surface area contributed by atoms with Gasteiger partial charge in [-0.1, -0.05) is 40.6 Å². The van der Waals surface area contributed by atoms with Crippen LogP contribution >= 0.6 is 34.5 Å². The van der Waals surface area contributed by atoms with Crippen LogP contribution in [0.2, 0.25) is 10.0 Å². The van der Waals surface area contributed by atoms with Crippen LogP contribution in [0.25, 0.3) is 10.4 Å². The van der Waals surface area contributed by atoms with Crippen molar-refractivity contribution in [1.29, 1.82) is 0 Å². The predicted octanol–water partition coefficient (Wildman–Crippen LogP) is 3.71. The topological polar surface area (TPSA) is 50.9 Å². The number of benzene rings is 1. The van der Waals surface area contributed by atoms with Crippen LogP contribution < -0.4 is 11.3 Å². The van der Waals surface area contributed by atoms with E-state index >= 15 is 0 Å². The second kappa shape index (κ2) is 4.59. The zero-order chi connectivity index (χ0) is 11.7. The fourth-order valence-corrected chi connectivity index (χ4v) is 2.53. The molecule has 3 nitrogen and oxygen atoms in total. The van der Waals surface area contributed by atoms with Crippen LogP contribution in [0.1, 0.15) is 5.69 Å². The molecule has 0 aliphatic carbocycles. The number of aryl methyl sites for hydroxylation is 1. The molecular weight excluding hydrogens is 265 g/mol. The van der Waals surface area contributed by atoms with Crippen molar-refractivity contribution in [1.82, 2.24) is 4.98 Å². The number of nitrogens with two attached hydrogens (primary N) is 1. The number of hydrazine groups is 1. The zero-order valence-corrected chi connectivity index (χ0v) is 10.7. The third-order valence-corrected chi connectivity index (χ3v) is 3.98. The van der Waals surface area contributed by atoms with E-state index in [4.69, 9.17) is 29.0 Å². The standard InChI is InChI=1S/C10H9Cl2N3S/c1-5-9(16-10(14-5)15-13)6-2-3-7(11)8(12)4-6/h2-4H,13H2,1H3,(H,14,15). The number of nitrogens with one attached hydrogen (secondary N) is 1. The van der Waals surface area contributed by atoms with Gasteiger partial charge in [0.1, 0.15) is 0 Å². The summed E-state index contributed by atoms with van der Waals surface area (Å²) in [6.45, 7) is 1.93. The van der Waals surface area contributed by atoms with Crippen LogP contribution in [0.15, 0.2) is 18.2 Å². The van der Waals surface area contributed by atoms with Crippen LogP contribution in [0.5, 0.6) is 0 Å². The van der Waals surface area contributed by atoms with E-state index in [0.717, 1.165) is 16.1 Å². The van der Waals surface area contributed by atoms with Crippen molar-refractivity contribution in [3.8, 4) is 10.4 Å². The summed E-state index contributed by atoms with van der Waals surface area (Å²) >= 11 is 13.3. The summed E-state index contributed by atoms with van der Waals surface area (Å²) in [5.41, 5.74) is 4.44. The molecule has 0 aliphatic heterocycles. The van der Waals surface area contributed by atoms with E-state index in [2.05, 4.69) is 10.4 Å². The summed E-state index contributed by atoms with van der Waals surface area (Å²) in [7, 11) is 0. The van der Waals surface area contributed by atoms with Crippen molar-refractivity contribution in [2.75, 3.05) is 5.43 Å². The van der Waals surface area contributed by atoms with Crippen molar-refractivity contribution in [2.24, 2.45) is 5.84 Å². The molecular formula is C10H9Cl2N3S. The van der Waals surface area contributed by atoms with Gasteiger partial charge in [-0.25, -0.2) is 10.8 Å². The molecule has 84 valence electrons. The smallest absolute Gasteiger partial charge is 0.197 e. The second-order valence-corrected chi connectivity index (χ2v) is 5.02. The molecule has 0 spiro atoms. The Balaban J connectivity index is 2.49. The van der Waals surface area contributed by atoms with Gasteiger partial charge in [0, 0.05) is 0 Å². The molecule has 6 heteroatoms. The van der Waals surface area contributed by atoms with Crippen LogP contribution in [0.3, 0.4) is 0 Å². The number of anilines is 1. The monoisotopic (exact) mass is 273 g/mol. The van der Waals surface area contributed by atoms with Gasteiger partial charge in [-0.05, 0) is 24.6 Å². The lowest BCUT2D eigenvalue weighted by Crippen LogP contribution is -2.05. The molecule has 0 fully saturated rings. The Morgan fingerprint density at radius 2 is 2.06 bits per heavy atom. The van der Waals surface area contributed by atoms with Crippen molar-refractivity contribution in [3.63, 3.8) is 0 Å². The Morgan fingerprint density at radius 3 is 2.62 bits per heavy atom. The van der Waals surface area contributed by atoms with Crippen molar-refractivity contribution in [2.45, 2.75) is 6.92 Å². The number of hydrogen-bond acceptors (Lipinski definition) is 4. The Morgan fingerprint density at radius 1 is 1.31 bits per heavy atom. The highest BCUT2D eigenvalue weighted by Crippen LogP contribution is 2.35. The molecule has 0 unspecified atom stereocenters. The fourth-order valence-electron chi connectivity index (χ4n) is 1.36.